The molecule has 0 saturated carbocycles. The van der Waals surface area contributed by atoms with Crippen molar-refractivity contribution in [2.24, 2.45) is 0 Å². The fourth-order valence-corrected chi connectivity index (χ4v) is 4.52. The minimum Gasteiger partial charge on any atom is -0.376 e. The highest BCUT2D eigenvalue weighted by Gasteiger charge is 2.23. The third-order valence-corrected chi connectivity index (χ3v) is 6.24. The number of hydrogen-bond acceptors (Lipinski definition) is 5. The molecule has 4 rings (SSSR count). The molecule has 2 N–H and O–H groups in total. The molecule has 1 amide bonds. The van der Waals surface area contributed by atoms with Crippen molar-refractivity contribution < 1.29 is 9.53 Å². The molecule has 1 aliphatic carbocycles. The average Bonchev–Trinajstić information content (AvgIpc) is 3.39. The summed E-state index contributed by atoms with van der Waals surface area (Å²) in [6, 6.07) is 6.13. The van der Waals surface area contributed by atoms with E-state index in [4.69, 9.17) is 4.74 Å². The zero-order valence-corrected chi connectivity index (χ0v) is 16.2. The summed E-state index contributed by atoms with van der Waals surface area (Å²) >= 11 is 1.28. The minimum atomic E-state index is -0.378. The quantitative estimate of drug-likeness (QED) is 0.742. The lowest BCUT2D eigenvalue weighted by molar-refractivity contribution is -0.115. The van der Waals surface area contributed by atoms with Crippen molar-refractivity contribution in [3.05, 3.63) is 39.8 Å². The number of fused-ring (bicyclic) bond motifs is 1. The number of carbonyl (C=O) groups is 1. The Balaban J connectivity index is 1.40. The van der Waals surface area contributed by atoms with Gasteiger partial charge in [-0.3, -0.25) is 9.36 Å². The normalized spacial score (nSPS) is 19.8. The van der Waals surface area contributed by atoms with E-state index in [2.05, 4.69) is 27.6 Å². The van der Waals surface area contributed by atoms with Crippen LogP contribution < -0.4 is 11.0 Å². The third-order valence-electron chi connectivity index (χ3n) is 5.15. The van der Waals surface area contributed by atoms with Gasteiger partial charge in [0.05, 0.1) is 17.9 Å². The van der Waals surface area contributed by atoms with Gasteiger partial charge in [-0.05, 0) is 62.3 Å². The molecule has 1 saturated heterocycles. The highest BCUT2D eigenvalue weighted by atomic mass is 32.2. The van der Waals surface area contributed by atoms with Crippen molar-refractivity contribution in [1.82, 2.24) is 14.8 Å². The molecule has 0 radical (unpaired) electrons. The topological polar surface area (TPSA) is 89.0 Å². The maximum absolute atomic E-state index is 12.6. The molecular formula is C19H24N4O3S. The fourth-order valence-electron chi connectivity index (χ4n) is 3.65. The van der Waals surface area contributed by atoms with E-state index in [9.17, 15) is 9.59 Å². The van der Waals surface area contributed by atoms with E-state index in [1.807, 2.05) is 13.0 Å². The van der Waals surface area contributed by atoms with Crippen LogP contribution in [0.25, 0.3) is 0 Å². The van der Waals surface area contributed by atoms with E-state index in [1.165, 1.54) is 29.3 Å². The van der Waals surface area contributed by atoms with Gasteiger partial charge in [0, 0.05) is 12.3 Å². The summed E-state index contributed by atoms with van der Waals surface area (Å²) in [7, 11) is 0. The number of aromatic amines is 1. The molecule has 1 aromatic carbocycles. The van der Waals surface area contributed by atoms with Gasteiger partial charge < -0.3 is 10.1 Å². The lowest BCUT2D eigenvalue weighted by atomic mass is 10.1. The van der Waals surface area contributed by atoms with Crippen LogP contribution in [-0.2, 0) is 28.9 Å². The molecule has 1 fully saturated rings. The van der Waals surface area contributed by atoms with Crippen LogP contribution in [0, 0.1) is 0 Å². The number of rotatable bonds is 6. The predicted octanol–water partition coefficient (Wildman–Crippen LogP) is 2.36. The highest BCUT2D eigenvalue weighted by molar-refractivity contribution is 8.00. The molecule has 0 spiro atoms. The molecule has 0 unspecified atom stereocenters. The first kappa shape index (κ1) is 18.3. The number of nitrogens with one attached hydrogen (secondary N) is 2. The molecule has 2 heterocycles. The second kappa shape index (κ2) is 7.90. The van der Waals surface area contributed by atoms with E-state index in [-0.39, 0.29) is 23.0 Å². The Morgan fingerprint density at radius 2 is 2.26 bits per heavy atom. The van der Waals surface area contributed by atoms with E-state index < -0.39 is 0 Å². The second-order valence-electron chi connectivity index (χ2n) is 7.14. The van der Waals surface area contributed by atoms with Crippen molar-refractivity contribution in [3.63, 3.8) is 0 Å². The van der Waals surface area contributed by atoms with Crippen molar-refractivity contribution in [2.45, 2.75) is 62.1 Å². The molecule has 1 aliphatic heterocycles. The Bertz CT molecular complexity index is 885. The molecule has 7 nitrogen and oxygen atoms in total. The van der Waals surface area contributed by atoms with Crippen LogP contribution in [-0.4, -0.2) is 38.6 Å². The monoisotopic (exact) mass is 388 g/mol. The van der Waals surface area contributed by atoms with Gasteiger partial charge in [-0.25, -0.2) is 9.89 Å². The second-order valence-corrected chi connectivity index (χ2v) is 8.45. The number of anilines is 1. The SMILES string of the molecule is C[C@@H](Sc1n[nH]c(=O)n1C[C@@H]1CCCO1)C(=O)Nc1ccc2c(c1)CCC2. The van der Waals surface area contributed by atoms with E-state index in [0.717, 1.165) is 38.0 Å². The van der Waals surface area contributed by atoms with Gasteiger partial charge >= 0.3 is 5.69 Å². The molecule has 2 atom stereocenters. The smallest absolute Gasteiger partial charge is 0.344 e. The van der Waals surface area contributed by atoms with Crippen molar-refractivity contribution in [2.75, 3.05) is 11.9 Å². The maximum Gasteiger partial charge on any atom is 0.344 e. The summed E-state index contributed by atoms with van der Waals surface area (Å²) in [5.74, 6) is -0.0999. The standard InChI is InChI=1S/C19H24N4O3S/c1-12(17(24)20-15-8-7-13-4-2-5-14(13)10-15)27-19-22-21-18(25)23(19)11-16-6-3-9-26-16/h7-8,10,12,16H,2-6,9,11H2,1H3,(H,20,24)(H,21,25)/t12-,16+/m1/s1. The Labute approximate surface area is 161 Å². The molecule has 2 aliphatic rings. The molecule has 2 aromatic rings. The Hall–Kier alpha value is -2.06. The van der Waals surface area contributed by atoms with E-state index in [1.54, 1.807) is 4.57 Å². The lowest BCUT2D eigenvalue weighted by Crippen LogP contribution is -2.27. The van der Waals surface area contributed by atoms with Crippen molar-refractivity contribution in [3.8, 4) is 0 Å². The first-order valence-corrected chi connectivity index (χ1v) is 10.3. The van der Waals surface area contributed by atoms with Crippen LogP contribution in [0.4, 0.5) is 5.69 Å². The van der Waals surface area contributed by atoms with Crippen LogP contribution in [0.2, 0.25) is 0 Å². The van der Waals surface area contributed by atoms with Crippen LogP contribution in [0.1, 0.15) is 37.3 Å². The number of aromatic nitrogens is 3. The van der Waals surface area contributed by atoms with Gasteiger partial charge in [-0.2, -0.15) is 0 Å². The van der Waals surface area contributed by atoms with Gasteiger partial charge in [0.1, 0.15) is 0 Å². The number of amides is 1. The third kappa shape index (κ3) is 4.11. The number of aryl methyl sites for hydroxylation is 2. The Kier molecular flexibility index (Phi) is 5.36. The van der Waals surface area contributed by atoms with Gasteiger partial charge in [0.2, 0.25) is 5.91 Å². The molecule has 144 valence electrons. The van der Waals surface area contributed by atoms with Gasteiger partial charge in [-0.15, -0.1) is 5.10 Å². The highest BCUT2D eigenvalue weighted by Crippen LogP contribution is 2.26. The van der Waals surface area contributed by atoms with Crippen molar-refractivity contribution in [1.29, 1.82) is 0 Å². The summed E-state index contributed by atoms with van der Waals surface area (Å²) in [5.41, 5.74) is 3.27. The van der Waals surface area contributed by atoms with Gasteiger partial charge in [0.25, 0.3) is 0 Å². The van der Waals surface area contributed by atoms with Crippen LogP contribution in [0.3, 0.4) is 0 Å². The number of hydrogen-bond donors (Lipinski definition) is 2. The zero-order valence-electron chi connectivity index (χ0n) is 15.4. The van der Waals surface area contributed by atoms with Crippen molar-refractivity contribution >= 4 is 23.4 Å². The van der Waals surface area contributed by atoms with Gasteiger partial charge in [0.15, 0.2) is 5.16 Å². The minimum absolute atomic E-state index is 0.0372. The van der Waals surface area contributed by atoms with Crippen LogP contribution in [0.15, 0.2) is 28.2 Å². The zero-order chi connectivity index (χ0) is 18.8. The molecule has 1 aromatic heterocycles. The van der Waals surface area contributed by atoms with Gasteiger partial charge in [-0.1, -0.05) is 17.8 Å². The van der Waals surface area contributed by atoms with Crippen LogP contribution >= 0.6 is 11.8 Å². The average molecular weight is 388 g/mol. The number of benzene rings is 1. The summed E-state index contributed by atoms with van der Waals surface area (Å²) in [4.78, 5) is 24.7. The number of thioether (sulfide) groups is 1. The molecular weight excluding hydrogens is 364 g/mol. The molecule has 8 heteroatoms. The Morgan fingerprint density at radius 1 is 1.41 bits per heavy atom. The van der Waals surface area contributed by atoms with E-state index >= 15 is 0 Å². The molecule has 27 heavy (non-hydrogen) atoms. The number of nitrogens with zero attached hydrogens (tertiary/aromatic N) is 2. The Morgan fingerprint density at radius 3 is 3.07 bits per heavy atom. The number of ether oxygens (including phenoxy) is 1. The first-order chi connectivity index (χ1) is 13.1. The summed E-state index contributed by atoms with van der Waals surface area (Å²) in [6.07, 6.45) is 5.37. The lowest BCUT2D eigenvalue weighted by Gasteiger charge is -2.14. The molecule has 0 bridgehead atoms. The fraction of sp³-hybridized carbons (Fsp3) is 0.526. The van der Waals surface area contributed by atoms with Crippen LogP contribution in [0.5, 0.6) is 0 Å². The predicted molar refractivity (Wildman–Crippen MR) is 104 cm³/mol. The summed E-state index contributed by atoms with van der Waals surface area (Å²) in [5, 5.41) is 9.69. The number of H-pyrrole nitrogens is 1. The summed E-state index contributed by atoms with van der Waals surface area (Å²) in [6.45, 7) is 3.03. The maximum atomic E-state index is 12.6. The first-order valence-electron chi connectivity index (χ1n) is 9.46. The largest absolute Gasteiger partial charge is 0.376 e. The number of carbonyl (C=O) groups excluding carboxylic acids is 1. The summed E-state index contributed by atoms with van der Waals surface area (Å²) < 4.78 is 7.18. The van der Waals surface area contributed by atoms with E-state index in [0.29, 0.717) is 11.7 Å².